The van der Waals surface area contributed by atoms with Crippen molar-refractivity contribution >= 4 is 21.9 Å². The number of rotatable bonds is 1. The molecule has 0 unspecified atom stereocenters. The van der Waals surface area contributed by atoms with Gasteiger partial charge in [0.15, 0.2) is 0 Å². The Hall–Kier alpha value is -0.830. The lowest BCUT2D eigenvalue weighted by atomic mass is 9.88. The zero-order valence-electron chi connectivity index (χ0n) is 8.79. The normalized spacial score (nSPS) is 23.9. The molecule has 1 aromatic rings. The molecule has 1 aliphatic rings. The van der Waals surface area contributed by atoms with Gasteiger partial charge in [-0.15, -0.1) is 0 Å². The van der Waals surface area contributed by atoms with Crippen LogP contribution >= 0.6 is 15.9 Å². The maximum absolute atomic E-state index is 11.5. The van der Waals surface area contributed by atoms with Crippen LogP contribution in [0.25, 0.3) is 0 Å². The molecular formula is C12H13BrO2. The number of esters is 1. The van der Waals surface area contributed by atoms with Gasteiger partial charge >= 0.3 is 5.97 Å². The average molecular weight is 269 g/mol. The molecule has 0 saturated carbocycles. The van der Waals surface area contributed by atoms with Gasteiger partial charge in [0.25, 0.3) is 0 Å². The first kappa shape index (κ1) is 10.7. The van der Waals surface area contributed by atoms with Crippen molar-refractivity contribution in [3.05, 3.63) is 34.3 Å². The van der Waals surface area contributed by atoms with Gasteiger partial charge in [-0.2, -0.15) is 0 Å². The zero-order chi connectivity index (χ0) is 11.1. The highest BCUT2D eigenvalue weighted by atomic mass is 79.9. The summed E-state index contributed by atoms with van der Waals surface area (Å²) in [5, 5.41) is 0. The monoisotopic (exact) mass is 268 g/mol. The summed E-state index contributed by atoms with van der Waals surface area (Å²) in [6.45, 7) is 3.85. The Morgan fingerprint density at radius 3 is 2.40 bits per heavy atom. The van der Waals surface area contributed by atoms with Crippen molar-refractivity contribution < 1.29 is 9.53 Å². The van der Waals surface area contributed by atoms with Crippen LogP contribution in [0.1, 0.15) is 31.9 Å². The molecular weight excluding hydrogens is 256 g/mol. The van der Waals surface area contributed by atoms with Crippen LogP contribution < -0.4 is 0 Å². The van der Waals surface area contributed by atoms with E-state index in [-0.39, 0.29) is 17.5 Å². The summed E-state index contributed by atoms with van der Waals surface area (Å²) in [5.41, 5.74) is 0.717. The summed E-state index contributed by atoms with van der Waals surface area (Å²) >= 11 is 3.38. The molecule has 1 fully saturated rings. The van der Waals surface area contributed by atoms with E-state index in [1.807, 2.05) is 38.1 Å². The second-order valence-electron chi connectivity index (χ2n) is 4.53. The van der Waals surface area contributed by atoms with Crippen LogP contribution in [0.3, 0.4) is 0 Å². The van der Waals surface area contributed by atoms with Crippen LogP contribution in [0.2, 0.25) is 0 Å². The zero-order valence-corrected chi connectivity index (χ0v) is 10.4. The van der Waals surface area contributed by atoms with E-state index >= 15 is 0 Å². The number of hydrogen-bond acceptors (Lipinski definition) is 2. The molecule has 15 heavy (non-hydrogen) atoms. The quantitative estimate of drug-likeness (QED) is 0.730. The summed E-state index contributed by atoms with van der Waals surface area (Å²) in [6, 6.07) is 7.91. The van der Waals surface area contributed by atoms with Gasteiger partial charge in [-0.3, -0.25) is 4.79 Å². The molecule has 0 radical (unpaired) electrons. The number of ether oxygens (including phenoxy) is 1. The number of cyclic esters (lactones) is 1. The lowest BCUT2D eigenvalue weighted by Crippen LogP contribution is -2.16. The number of carbonyl (C=O) groups is 1. The Morgan fingerprint density at radius 1 is 1.33 bits per heavy atom. The van der Waals surface area contributed by atoms with Crippen LogP contribution in [-0.4, -0.2) is 5.97 Å². The summed E-state index contributed by atoms with van der Waals surface area (Å²) in [5.74, 6) is -0.101. The molecule has 1 aromatic carbocycles. The lowest BCUT2D eigenvalue weighted by Gasteiger charge is -2.10. The Kier molecular flexibility index (Phi) is 2.59. The molecule has 2 rings (SSSR count). The lowest BCUT2D eigenvalue weighted by molar-refractivity contribution is -0.147. The highest BCUT2D eigenvalue weighted by Gasteiger charge is 2.41. The number of benzene rings is 1. The molecule has 1 atom stereocenters. The first-order chi connectivity index (χ1) is 6.99. The van der Waals surface area contributed by atoms with E-state index in [0.717, 1.165) is 16.5 Å². The van der Waals surface area contributed by atoms with Gasteiger partial charge in [0.2, 0.25) is 0 Å². The third-order valence-electron chi connectivity index (χ3n) is 2.74. The van der Waals surface area contributed by atoms with Gasteiger partial charge in [0.1, 0.15) is 6.10 Å². The first-order valence-electron chi connectivity index (χ1n) is 4.95. The van der Waals surface area contributed by atoms with Crippen molar-refractivity contribution in [3.63, 3.8) is 0 Å². The summed E-state index contributed by atoms with van der Waals surface area (Å²) in [4.78, 5) is 11.5. The predicted molar refractivity (Wildman–Crippen MR) is 61.4 cm³/mol. The number of carbonyl (C=O) groups excluding carboxylic acids is 1. The Bertz CT molecular complexity index is 381. The molecule has 1 aliphatic heterocycles. The van der Waals surface area contributed by atoms with E-state index < -0.39 is 0 Å². The fraction of sp³-hybridized carbons (Fsp3) is 0.417. The molecule has 1 saturated heterocycles. The largest absolute Gasteiger partial charge is 0.457 e. The highest BCUT2D eigenvalue weighted by molar-refractivity contribution is 9.10. The first-order valence-corrected chi connectivity index (χ1v) is 5.75. The molecule has 0 amide bonds. The van der Waals surface area contributed by atoms with Crippen molar-refractivity contribution in [2.24, 2.45) is 5.41 Å². The molecule has 0 N–H and O–H groups in total. The Balaban J connectivity index is 2.21. The molecule has 3 heteroatoms. The minimum Gasteiger partial charge on any atom is -0.457 e. The van der Waals surface area contributed by atoms with Crippen molar-refractivity contribution in [1.29, 1.82) is 0 Å². The summed E-state index contributed by atoms with van der Waals surface area (Å²) < 4.78 is 6.39. The predicted octanol–water partition coefficient (Wildman–Crippen LogP) is 3.46. The number of hydrogen-bond donors (Lipinski definition) is 0. The third kappa shape index (κ3) is 2.07. The van der Waals surface area contributed by atoms with Gasteiger partial charge in [0, 0.05) is 10.9 Å². The summed E-state index contributed by atoms with van der Waals surface area (Å²) in [6.07, 6.45) is 0.675. The second kappa shape index (κ2) is 3.63. The van der Waals surface area contributed by atoms with Gasteiger partial charge in [0.05, 0.1) is 5.41 Å². The van der Waals surface area contributed by atoms with E-state index in [4.69, 9.17) is 4.74 Å². The van der Waals surface area contributed by atoms with Crippen molar-refractivity contribution in [2.75, 3.05) is 0 Å². The van der Waals surface area contributed by atoms with Crippen LogP contribution in [-0.2, 0) is 9.53 Å². The maximum Gasteiger partial charge on any atom is 0.312 e. The van der Waals surface area contributed by atoms with E-state index in [0.29, 0.717) is 0 Å². The van der Waals surface area contributed by atoms with E-state index in [2.05, 4.69) is 15.9 Å². The van der Waals surface area contributed by atoms with Crippen molar-refractivity contribution in [2.45, 2.75) is 26.4 Å². The van der Waals surface area contributed by atoms with Gasteiger partial charge < -0.3 is 4.74 Å². The molecule has 80 valence electrons. The van der Waals surface area contributed by atoms with Gasteiger partial charge in [-0.25, -0.2) is 0 Å². The highest BCUT2D eigenvalue weighted by Crippen LogP contribution is 2.41. The standard InChI is InChI=1S/C12H13BrO2/c1-12(2)7-10(15-11(12)14)8-3-5-9(13)6-4-8/h3-6,10H,7H2,1-2H3/t10-/m0/s1. The third-order valence-corrected chi connectivity index (χ3v) is 3.27. The smallest absolute Gasteiger partial charge is 0.312 e. The fourth-order valence-corrected chi connectivity index (χ4v) is 2.00. The topological polar surface area (TPSA) is 26.3 Å². The molecule has 1 heterocycles. The minimum atomic E-state index is -0.349. The minimum absolute atomic E-state index is 0.0828. The second-order valence-corrected chi connectivity index (χ2v) is 5.45. The SMILES string of the molecule is CC1(C)C[C@@H](c2ccc(Br)cc2)OC1=O. The number of halogens is 1. The van der Waals surface area contributed by atoms with Crippen LogP contribution in [0.15, 0.2) is 28.7 Å². The summed E-state index contributed by atoms with van der Waals surface area (Å²) in [7, 11) is 0. The van der Waals surface area contributed by atoms with E-state index in [1.165, 1.54) is 0 Å². The molecule has 2 nitrogen and oxygen atoms in total. The molecule has 0 aromatic heterocycles. The Morgan fingerprint density at radius 2 is 1.93 bits per heavy atom. The average Bonchev–Trinajstić information content (AvgIpc) is 2.42. The van der Waals surface area contributed by atoms with Crippen LogP contribution in [0.4, 0.5) is 0 Å². The van der Waals surface area contributed by atoms with E-state index in [9.17, 15) is 4.79 Å². The molecule has 0 spiro atoms. The van der Waals surface area contributed by atoms with Crippen molar-refractivity contribution in [3.8, 4) is 0 Å². The van der Waals surface area contributed by atoms with Gasteiger partial charge in [-0.05, 0) is 31.5 Å². The maximum atomic E-state index is 11.5. The van der Waals surface area contributed by atoms with E-state index in [1.54, 1.807) is 0 Å². The molecule has 0 aliphatic carbocycles. The van der Waals surface area contributed by atoms with Gasteiger partial charge in [-0.1, -0.05) is 28.1 Å². The van der Waals surface area contributed by atoms with Crippen LogP contribution in [0, 0.1) is 5.41 Å². The van der Waals surface area contributed by atoms with Crippen LogP contribution in [0.5, 0.6) is 0 Å². The fourth-order valence-electron chi connectivity index (χ4n) is 1.74. The van der Waals surface area contributed by atoms with Crippen molar-refractivity contribution in [1.82, 2.24) is 0 Å². The Labute approximate surface area is 97.8 Å². The molecule has 0 bridgehead atoms.